The molecule has 5 aromatic rings. The Morgan fingerprint density at radius 3 is 1.39 bits per heavy atom. The van der Waals surface area contributed by atoms with Crippen LogP contribution in [0.2, 0.25) is 0 Å². The second kappa shape index (κ2) is 19.3. The van der Waals surface area contributed by atoms with Gasteiger partial charge in [-0.15, -0.1) is 0 Å². The predicted molar refractivity (Wildman–Crippen MR) is 234 cm³/mol. The van der Waals surface area contributed by atoms with E-state index < -0.39 is 0 Å². The first-order valence-electron chi connectivity index (χ1n) is 20.9. The highest BCUT2D eigenvalue weighted by atomic mass is 16.2. The minimum atomic E-state index is -0.233. The monoisotopic (exact) mass is 811 g/mol. The standard InChI is InChI=1S/C26H24N4O2.C24H25N3O2/c1-18-2-5-23(16-24(18)29-25(31)22-8-12-28-13-9-22)26(32)30-14-10-21(11-15-30)20-6-3-19(17-27)4-7-20;1-16-2-5-21(14-22(16)26-23(28)20-8-9-20)24(29)27-12-10-19(11-13-27)18-6-3-17(15-25)4-7-18/h2-9,12-13,16,21H,10-11,14-15H2,1H3,(H,29,31);2-7,14,19-20H,8-13H2,1H3,(H,26,28). The third kappa shape index (κ3) is 10.6. The SMILES string of the molecule is Cc1ccc(C(=O)N2CCC(c3ccc(C#N)cc3)CC2)cc1NC(=O)C1CC1.Cc1ccc(C(=O)N2CCC(c3ccc(C#N)cc3)CC2)cc1NC(=O)c1ccncc1. The van der Waals surface area contributed by atoms with Crippen molar-refractivity contribution in [3.8, 4) is 12.1 Å². The van der Waals surface area contributed by atoms with Crippen molar-refractivity contribution in [1.29, 1.82) is 10.5 Å². The van der Waals surface area contributed by atoms with Gasteiger partial charge in [-0.3, -0.25) is 24.2 Å². The number of nitriles is 2. The molecule has 0 atom stereocenters. The number of hydrogen-bond donors (Lipinski definition) is 2. The Bertz CT molecular complexity index is 2470. The number of amides is 4. The zero-order valence-electron chi connectivity index (χ0n) is 34.6. The van der Waals surface area contributed by atoms with Crippen LogP contribution in [0.3, 0.4) is 0 Å². The lowest BCUT2D eigenvalue weighted by Gasteiger charge is -2.32. The first-order valence-corrected chi connectivity index (χ1v) is 20.9. The number of piperidine rings is 2. The molecule has 0 bridgehead atoms. The number of likely N-dealkylation sites (tertiary alicyclic amines) is 2. The first-order chi connectivity index (χ1) is 29.6. The molecular formula is C50H49N7O4. The number of carbonyl (C=O) groups is 4. The molecule has 1 aliphatic carbocycles. The lowest BCUT2D eigenvalue weighted by atomic mass is 9.89. The van der Waals surface area contributed by atoms with E-state index in [9.17, 15) is 19.2 Å². The van der Waals surface area contributed by atoms with Crippen LogP contribution in [0, 0.1) is 42.4 Å². The van der Waals surface area contributed by atoms with Crippen molar-refractivity contribution in [2.24, 2.45) is 5.92 Å². The topological polar surface area (TPSA) is 159 Å². The summed E-state index contributed by atoms with van der Waals surface area (Å²) < 4.78 is 0. The Morgan fingerprint density at radius 2 is 0.984 bits per heavy atom. The number of nitrogens with one attached hydrogen (secondary N) is 2. The number of aromatic nitrogens is 1. The van der Waals surface area contributed by atoms with Gasteiger partial charge in [0.1, 0.15) is 0 Å². The number of aryl methyl sites for hydroxylation is 2. The van der Waals surface area contributed by atoms with Gasteiger partial charge >= 0.3 is 0 Å². The summed E-state index contributed by atoms with van der Waals surface area (Å²) in [4.78, 5) is 58.4. The highest BCUT2D eigenvalue weighted by Gasteiger charge is 2.31. The molecule has 1 aromatic heterocycles. The predicted octanol–water partition coefficient (Wildman–Crippen LogP) is 8.77. The molecule has 2 aliphatic heterocycles. The maximum absolute atomic E-state index is 13.1. The van der Waals surface area contributed by atoms with Crippen molar-refractivity contribution in [2.75, 3.05) is 36.8 Å². The Morgan fingerprint density at radius 1 is 0.557 bits per heavy atom. The fraction of sp³-hybridized carbons (Fsp3) is 0.300. The van der Waals surface area contributed by atoms with E-state index >= 15 is 0 Å². The summed E-state index contributed by atoms with van der Waals surface area (Å²) in [6, 6.07) is 34.1. The second-order valence-corrected chi connectivity index (χ2v) is 16.1. The molecule has 0 spiro atoms. The quantitative estimate of drug-likeness (QED) is 0.159. The van der Waals surface area contributed by atoms with Crippen LogP contribution in [-0.2, 0) is 4.79 Å². The molecule has 11 heteroatoms. The van der Waals surface area contributed by atoms with Crippen molar-refractivity contribution in [3.05, 3.63) is 160 Å². The van der Waals surface area contributed by atoms with Crippen LogP contribution in [0.1, 0.15) is 115 Å². The molecule has 1 saturated carbocycles. The van der Waals surface area contributed by atoms with E-state index in [1.54, 1.807) is 30.6 Å². The van der Waals surface area contributed by atoms with Gasteiger partial charge < -0.3 is 20.4 Å². The average molecular weight is 812 g/mol. The van der Waals surface area contributed by atoms with Crippen LogP contribution < -0.4 is 10.6 Å². The molecular weight excluding hydrogens is 763 g/mol. The Balaban J connectivity index is 0.000000185. The Kier molecular flexibility index (Phi) is 13.3. The van der Waals surface area contributed by atoms with E-state index in [1.165, 1.54) is 11.1 Å². The minimum absolute atomic E-state index is 0.0187. The van der Waals surface area contributed by atoms with Gasteiger partial charge in [0, 0.05) is 72.6 Å². The van der Waals surface area contributed by atoms with Crippen LogP contribution in [0.25, 0.3) is 0 Å². The molecule has 308 valence electrons. The summed E-state index contributed by atoms with van der Waals surface area (Å²) in [5.74, 6) is 0.755. The maximum Gasteiger partial charge on any atom is 0.255 e. The zero-order valence-corrected chi connectivity index (χ0v) is 34.6. The van der Waals surface area contributed by atoms with Gasteiger partial charge in [-0.2, -0.15) is 10.5 Å². The van der Waals surface area contributed by atoms with E-state index in [2.05, 4.69) is 27.8 Å². The van der Waals surface area contributed by atoms with Crippen LogP contribution >= 0.6 is 0 Å². The summed E-state index contributed by atoms with van der Waals surface area (Å²) >= 11 is 0. The molecule has 61 heavy (non-hydrogen) atoms. The van der Waals surface area contributed by atoms with E-state index in [1.807, 2.05) is 103 Å². The molecule has 11 nitrogen and oxygen atoms in total. The van der Waals surface area contributed by atoms with Crippen molar-refractivity contribution in [3.63, 3.8) is 0 Å². The normalized spacial score (nSPS) is 15.3. The number of nitrogens with zero attached hydrogens (tertiary/aromatic N) is 5. The van der Waals surface area contributed by atoms with Gasteiger partial charge in [-0.05, 0) is 147 Å². The summed E-state index contributed by atoms with van der Waals surface area (Å²) in [6.45, 7) is 6.62. The lowest BCUT2D eigenvalue weighted by molar-refractivity contribution is -0.117. The van der Waals surface area contributed by atoms with Crippen molar-refractivity contribution in [1.82, 2.24) is 14.8 Å². The largest absolute Gasteiger partial charge is 0.339 e. The number of pyridine rings is 1. The minimum Gasteiger partial charge on any atom is -0.339 e. The average Bonchev–Trinajstić information content (AvgIpc) is 4.17. The van der Waals surface area contributed by atoms with E-state index in [-0.39, 0.29) is 29.5 Å². The van der Waals surface area contributed by atoms with Gasteiger partial charge in [0.05, 0.1) is 23.3 Å². The summed E-state index contributed by atoms with van der Waals surface area (Å²) in [5, 5.41) is 23.8. The highest BCUT2D eigenvalue weighted by molar-refractivity contribution is 6.05. The Hall–Kier alpha value is -7.11. The van der Waals surface area contributed by atoms with Gasteiger partial charge in [0.15, 0.2) is 0 Å². The molecule has 3 fully saturated rings. The van der Waals surface area contributed by atoms with Gasteiger partial charge in [0.25, 0.3) is 17.7 Å². The molecule has 4 aromatic carbocycles. The van der Waals surface area contributed by atoms with Gasteiger partial charge in [-0.25, -0.2) is 0 Å². The molecule has 0 radical (unpaired) electrons. The summed E-state index contributed by atoms with van der Waals surface area (Å²) in [7, 11) is 0. The fourth-order valence-corrected chi connectivity index (χ4v) is 7.91. The maximum atomic E-state index is 13.1. The molecule has 4 amide bonds. The van der Waals surface area contributed by atoms with E-state index in [0.717, 1.165) is 55.3 Å². The van der Waals surface area contributed by atoms with Crippen LogP contribution in [-0.4, -0.2) is 64.6 Å². The smallest absolute Gasteiger partial charge is 0.255 e. The summed E-state index contributed by atoms with van der Waals surface area (Å²) in [6.07, 6.45) is 8.65. The van der Waals surface area contributed by atoms with Gasteiger partial charge in [0.2, 0.25) is 5.91 Å². The molecule has 2 saturated heterocycles. The second-order valence-electron chi connectivity index (χ2n) is 16.1. The molecule has 8 rings (SSSR count). The zero-order chi connectivity index (χ0) is 42.9. The van der Waals surface area contributed by atoms with Crippen LogP contribution in [0.4, 0.5) is 11.4 Å². The number of hydrogen-bond acceptors (Lipinski definition) is 7. The number of benzene rings is 4. The van der Waals surface area contributed by atoms with Crippen LogP contribution in [0.5, 0.6) is 0 Å². The fourth-order valence-electron chi connectivity index (χ4n) is 7.91. The van der Waals surface area contributed by atoms with E-state index in [4.69, 9.17) is 10.5 Å². The first kappa shape index (κ1) is 42.0. The molecule has 0 unspecified atom stereocenters. The highest BCUT2D eigenvalue weighted by Crippen LogP contribution is 2.33. The van der Waals surface area contributed by atoms with Gasteiger partial charge in [-0.1, -0.05) is 36.4 Å². The molecule has 2 N–H and O–H groups in total. The lowest BCUT2D eigenvalue weighted by Crippen LogP contribution is -2.38. The Labute approximate surface area is 357 Å². The van der Waals surface area contributed by atoms with Crippen molar-refractivity contribution >= 4 is 35.0 Å². The third-order valence-electron chi connectivity index (χ3n) is 12.0. The number of carbonyl (C=O) groups excluding carboxylic acids is 4. The van der Waals surface area contributed by atoms with Crippen molar-refractivity contribution < 1.29 is 19.2 Å². The van der Waals surface area contributed by atoms with Crippen LogP contribution in [0.15, 0.2) is 109 Å². The third-order valence-corrected chi connectivity index (χ3v) is 12.0. The molecule has 3 heterocycles. The summed E-state index contributed by atoms with van der Waals surface area (Å²) in [5.41, 5.74) is 8.71. The van der Waals surface area contributed by atoms with Crippen molar-refractivity contribution in [2.45, 2.75) is 64.2 Å². The molecule has 3 aliphatic rings. The number of rotatable bonds is 8. The van der Waals surface area contributed by atoms with E-state index in [0.29, 0.717) is 71.5 Å². The number of anilines is 2.